The van der Waals surface area contributed by atoms with Crippen molar-refractivity contribution < 1.29 is 4.79 Å². The quantitative estimate of drug-likeness (QED) is 0.616. The molecule has 1 saturated heterocycles. The summed E-state index contributed by atoms with van der Waals surface area (Å²) in [5.74, 6) is 0.323. The number of Topliss-reactive ketones (excluding diaryl/α,β-unsaturated/α-hetero) is 1. The first-order valence-electron chi connectivity index (χ1n) is 3.93. The van der Waals surface area contributed by atoms with Gasteiger partial charge >= 0.3 is 0 Å². The van der Waals surface area contributed by atoms with E-state index in [1.165, 1.54) is 0 Å². The van der Waals surface area contributed by atoms with Gasteiger partial charge < -0.3 is 5.32 Å². The van der Waals surface area contributed by atoms with Crippen LogP contribution in [0.4, 0.5) is 0 Å². The van der Waals surface area contributed by atoms with E-state index in [0.717, 1.165) is 18.7 Å². The molecule has 11 heavy (non-hydrogen) atoms. The summed E-state index contributed by atoms with van der Waals surface area (Å²) in [6.07, 6.45) is 0.540. The predicted molar refractivity (Wildman–Crippen MR) is 45.4 cm³/mol. The third kappa shape index (κ3) is 1.69. The summed E-state index contributed by atoms with van der Waals surface area (Å²) in [4.78, 5) is 11.5. The summed E-state index contributed by atoms with van der Waals surface area (Å²) >= 11 is 0. The maximum atomic E-state index is 11.5. The maximum absolute atomic E-state index is 11.5. The number of rotatable bonds is 3. The van der Waals surface area contributed by atoms with Crippen molar-refractivity contribution in [3.05, 3.63) is 12.2 Å². The predicted octanol–water partition coefficient (Wildman–Crippen LogP) is 1.13. The Labute approximate surface area is 67.7 Å². The SMILES string of the molecule is C=C(C)CC(=O)C1(C)CNC1. The highest BCUT2D eigenvalue weighted by Crippen LogP contribution is 2.25. The molecule has 1 fully saturated rings. The third-order valence-electron chi connectivity index (χ3n) is 2.17. The van der Waals surface area contributed by atoms with Gasteiger partial charge in [0.25, 0.3) is 0 Å². The van der Waals surface area contributed by atoms with Crippen molar-refractivity contribution in [1.82, 2.24) is 5.32 Å². The normalized spacial score (nSPS) is 20.5. The standard InChI is InChI=1S/C9H15NO/c1-7(2)4-8(11)9(3)5-10-6-9/h10H,1,4-6H2,2-3H3. The van der Waals surface area contributed by atoms with Gasteiger partial charge in [-0.05, 0) is 6.92 Å². The second-order valence-corrected chi connectivity index (χ2v) is 3.72. The van der Waals surface area contributed by atoms with Crippen molar-refractivity contribution in [3.8, 4) is 0 Å². The second kappa shape index (κ2) is 2.78. The molecular formula is C9H15NO. The number of carbonyl (C=O) groups excluding carboxylic acids is 1. The van der Waals surface area contributed by atoms with Crippen molar-refractivity contribution in [2.75, 3.05) is 13.1 Å². The number of nitrogens with one attached hydrogen (secondary N) is 1. The summed E-state index contributed by atoms with van der Waals surface area (Å²) in [5, 5.41) is 3.11. The molecule has 1 rings (SSSR count). The fourth-order valence-corrected chi connectivity index (χ4v) is 1.18. The van der Waals surface area contributed by atoms with E-state index in [4.69, 9.17) is 0 Å². The van der Waals surface area contributed by atoms with Crippen molar-refractivity contribution in [1.29, 1.82) is 0 Å². The molecule has 0 unspecified atom stereocenters. The first-order chi connectivity index (χ1) is 5.04. The summed E-state index contributed by atoms with van der Waals surface area (Å²) in [7, 11) is 0. The Hall–Kier alpha value is -0.630. The van der Waals surface area contributed by atoms with Crippen LogP contribution in [0.25, 0.3) is 0 Å². The molecule has 2 nitrogen and oxygen atoms in total. The Morgan fingerprint density at radius 1 is 1.64 bits per heavy atom. The highest BCUT2D eigenvalue weighted by Gasteiger charge is 2.38. The average Bonchev–Trinajstić information content (AvgIpc) is 1.81. The van der Waals surface area contributed by atoms with Crippen LogP contribution in [0.2, 0.25) is 0 Å². The van der Waals surface area contributed by atoms with Crippen LogP contribution in [-0.4, -0.2) is 18.9 Å². The van der Waals surface area contributed by atoms with Crippen LogP contribution in [0.5, 0.6) is 0 Å². The summed E-state index contributed by atoms with van der Waals surface area (Å²) in [6.45, 7) is 9.30. The zero-order valence-corrected chi connectivity index (χ0v) is 7.24. The van der Waals surface area contributed by atoms with Gasteiger partial charge in [-0.2, -0.15) is 0 Å². The number of ketones is 1. The molecule has 2 heteroatoms. The van der Waals surface area contributed by atoms with Gasteiger partial charge in [0.1, 0.15) is 5.78 Å². The van der Waals surface area contributed by atoms with Crippen LogP contribution in [0.15, 0.2) is 12.2 Å². The molecule has 1 N–H and O–H groups in total. The van der Waals surface area contributed by atoms with Gasteiger partial charge in [-0.1, -0.05) is 19.1 Å². The topological polar surface area (TPSA) is 29.1 Å². The summed E-state index contributed by atoms with van der Waals surface area (Å²) in [5.41, 5.74) is 0.863. The molecule has 1 aliphatic rings. The first-order valence-corrected chi connectivity index (χ1v) is 3.93. The van der Waals surface area contributed by atoms with E-state index in [1.807, 2.05) is 13.8 Å². The minimum absolute atomic E-state index is 0.0983. The van der Waals surface area contributed by atoms with Crippen molar-refractivity contribution in [2.24, 2.45) is 5.41 Å². The first kappa shape index (κ1) is 8.47. The fourth-order valence-electron chi connectivity index (χ4n) is 1.18. The van der Waals surface area contributed by atoms with Gasteiger partial charge in [-0.3, -0.25) is 4.79 Å². The Bertz CT molecular complexity index is 192. The second-order valence-electron chi connectivity index (χ2n) is 3.72. The van der Waals surface area contributed by atoms with Crippen LogP contribution in [0, 0.1) is 5.41 Å². The van der Waals surface area contributed by atoms with Crippen LogP contribution in [0.1, 0.15) is 20.3 Å². The molecule has 0 aliphatic carbocycles. The molecule has 62 valence electrons. The van der Waals surface area contributed by atoms with Crippen LogP contribution >= 0.6 is 0 Å². The third-order valence-corrected chi connectivity index (χ3v) is 2.17. The lowest BCUT2D eigenvalue weighted by Crippen LogP contribution is -2.56. The molecule has 0 aromatic heterocycles. The highest BCUT2D eigenvalue weighted by molar-refractivity contribution is 5.87. The Morgan fingerprint density at radius 2 is 2.18 bits per heavy atom. The van der Waals surface area contributed by atoms with Crippen molar-refractivity contribution in [2.45, 2.75) is 20.3 Å². The lowest BCUT2D eigenvalue weighted by molar-refractivity contribution is -0.129. The molecule has 1 aliphatic heterocycles. The van der Waals surface area contributed by atoms with Crippen LogP contribution in [-0.2, 0) is 4.79 Å². The Kier molecular flexibility index (Phi) is 2.14. The number of hydrogen-bond acceptors (Lipinski definition) is 2. The summed E-state index contributed by atoms with van der Waals surface area (Å²) < 4.78 is 0. The molecule has 0 bridgehead atoms. The highest BCUT2D eigenvalue weighted by atomic mass is 16.1. The fraction of sp³-hybridized carbons (Fsp3) is 0.667. The molecule has 1 heterocycles. The Balaban J connectivity index is 2.47. The van der Waals surface area contributed by atoms with E-state index >= 15 is 0 Å². The zero-order chi connectivity index (χ0) is 8.48. The summed E-state index contributed by atoms with van der Waals surface area (Å²) in [6, 6.07) is 0. The van der Waals surface area contributed by atoms with Crippen LogP contribution < -0.4 is 5.32 Å². The van der Waals surface area contributed by atoms with Gasteiger partial charge in [-0.25, -0.2) is 0 Å². The molecule has 0 aromatic carbocycles. The lowest BCUT2D eigenvalue weighted by atomic mass is 9.78. The number of allylic oxidation sites excluding steroid dienone is 1. The maximum Gasteiger partial charge on any atom is 0.145 e. The Morgan fingerprint density at radius 3 is 2.45 bits per heavy atom. The van der Waals surface area contributed by atoms with Crippen molar-refractivity contribution in [3.63, 3.8) is 0 Å². The van der Waals surface area contributed by atoms with E-state index in [-0.39, 0.29) is 5.41 Å². The average molecular weight is 153 g/mol. The molecule has 0 atom stereocenters. The number of hydrogen-bond donors (Lipinski definition) is 1. The largest absolute Gasteiger partial charge is 0.315 e. The molecule has 0 saturated carbocycles. The molecule has 0 aromatic rings. The lowest BCUT2D eigenvalue weighted by Gasteiger charge is -2.37. The van der Waals surface area contributed by atoms with Crippen molar-refractivity contribution >= 4 is 5.78 Å². The van der Waals surface area contributed by atoms with Gasteiger partial charge in [0.15, 0.2) is 0 Å². The van der Waals surface area contributed by atoms with Crippen LogP contribution in [0.3, 0.4) is 0 Å². The van der Waals surface area contributed by atoms with E-state index in [9.17, 15) is 4.79 Å². The van der Waals surface area contributed by atoms with E-state index in [2.05, 4.69) is 11.9 Å². The van der Waals surface area contributed by atoms with E-state index in [1.54, 1.807) is 0 Å². The van der Waals surface area contributed by atoms with Gasteiger partial charge in [0.05, 0.1) is 5.41 Å². The smallest absolute Gasteiger partial charge is 0.145 e. The molecule has 0 amide bonds. The van der Waals surface area contributed by atoms with E-state index in [0.29, 0.717) is 12.2 Å². The van der Waals surface area contributed by atoms with Gasteiger partial charge in [0.2, 0.25) is 0 Å². The molecule has 0 spiro atoms. The minimum atomic E-state index is -0.0983. The molecular weight excluding hydrogens is 138 g/mol. The molecule has 0 radical (unpaired) electrons. The minimum Gasteiger partial charge on any atom is -0.315 e. The van der Waals surface area contributed by atoms with Gasteiger partial charge in [0, 0.05) is 19.5 Å². The number of carbonyl (C=O) groups is 1. The zero-order valence-electron chi connectivity index (χ0n) is 7.24. The van der Waals surface area contributed by atoms with Gasteiger partial charge in [-0.15, -0.1) is 0 Å². The monoisotopic (exact) mass is 153 g/mol. The van der Waals surface area contributed by atoms with E-state index < -0.39 is 0 Å².